The van der Waals surface area contributed by atoms with E-state index in [0.29, 0.717) is 0 Å². The summed E-state index contributed by atoms with van der Waals surface area (Å²) >= 11 is 0. The van der Waals surface area contributed by atoms with Gasteiger partial charge in [0.25, 0.3) is 0 Å². The third-order valence-corrected chi connectivity index (χ3v) is 2.37. The van der Waals surface area contributed by atoms with Gasteiger partial charge in [0, 0.05) is 24.6 Å². The van der Waals surface area contributed by atoms with Crippen LogP contribution in [0.3, 0.4) is 0 Å². The van der Waals surface area contributed by atoms with E-state index in [1.807, 2.05) is 0 Å². The summed E-state index contributed by atoms with van der Waals surface area (Å²) in [6, 6.07) is 4.51. The molecule has 0 atom stereocenters. The van der Waals surface area contributed by atoms with Crippen molar-refractivity contribution in [2.75, 3.05) is 0 Å². The molecule has 0 unspecified atom stereocenters. The Labute approximate surface area is 102 Å². The highest BCUT2D eigenvalue weighted by atomic mass is 35.7. The summed E-state index contributed by atoms with van der Waals surface area (Å²) < 4.78 is 36.3. The van der Waals surface area contributed by atoms with Crippen LogP contribution in [0, 0.1) is 17.2 Å². The Bertz CT molecular complexity index is 420. The van der Waals surface area contributed by atoms with Gasteiger partial charge in [-0.05, 0) is 18.6 Å². The van der Waals surface area contributed by atoms with Crippen LogP contribution in [-0.2, 0) is 13.0 Å². The molecule has 0 aliphatic carbocycles. The normalized spacial score (nSPS) is 13.1. The number of halogens is 1. The van der Waals surface area contributed by atoms with Gasteiger partial charge in [0.1, 0.15) is 0 Å². The zero-order valence-electron chi connectivity index (χ0n) is 9.68. The summed E-state index contributed by atoms with van der Waals surface area (Å²) in [5, 5.41) is 0. The molecule has 94 valence electrons. The first-order valence-corrected chi connectivity index (χ1v) is 6.36. The Kier molecular flexibility index (Phi) is 4.62. The van der Waals surface area contributed by atoms with Crippen molar-refractivity contribution in [2.24, 2.45) is 0 Å². The standard InChI is InChI=1S/C11H14N.ClHO4/c1-3-10-7-9(2)8-11-5-4-6-12(10)11;2-1(3,4)5/h4-5,7-8H,3,6H2,1-2H3;(H,2,3,4,5)/q+1;/p-1. The average Bonchev–Trinajstić information content (AvgIpc) is 2.61. The Morgan fingerprint density at radius 2 is 1.82 bits per heavy atom. The lowest BCUT2D eigenvalue weighted by molar-refractivity contribution is -2.00. The van der Waals surface area contributed by atoms with E-state index in [1.54, 1.807) is 0 Å². The van der Waals surface area contributed by atoms with Gasteiger partial charge < -0.3 is 0 Å². The van der Waals surface area contributed by atoms with Crippen molar-refractivity contribution < 1.29 is 33.4 Å². The second kappa shape index (κ2) is 5.57. The zero-order chi connectivity index (χ0) is 13.1. The minimum atomic E-state index is -4.94. The van der Waals surface area contributed by atoms with Gasteiger partial charge in [-0.1, -0.05) is 6.92 Å². The molecule has 1 aliphatic rings. The van der Waals surface area contributed by atoms with E-state index in [9.17, 15) is 0 Å². The van der Waals surface area contributed by atoms with Crippen molar-refractivity contribution >= 4 is 6.08 Å². The fourth-order valence-corrected chi connectivity index (χ4v) is 1.79. The molecule has 2 heterocycles. The number of fused-ring (bicyclic) bond motifs is 1. The maximum atomic E-state index is 8.49. The molecule has 6 heteroatoms. The molecule has 0 saturated carbocycles. The summed E-state index contributed by atoms with van der Waals surface area (Å²) in [6.07, 6.45) is 5.54. The smallest absolute Gasteiger partial charge is 0.205 e. The highest BCUT2D eigenvalue weighted by molar-refractivity contribution is 5.44. The van der Waals surface area contributed by atoms with Gasteiger partial charge in [-0.2, -0.15) is 4.57 Å². The predicted molar refractivity (Wildman–Crippen MR) is 49.8 cm³/mol. The summed E-state index contributed by atoms with van der Waals surface area (Å²) in [5.74, 6) is 0. The molecule has 5 nitrogen and oxygen atoms in total. The van der Waals surface area contributed by atoms with Crippen LogP contribution in [0.2, 0.25) is 0 Å². The molecule has 0 amide bonds. The zero-order valence-corrected chi connectivity index (χ0v) is 10.4. The van der Waals surface area contributed by atoms with Crippen molar-refractivity contribution in [3.63, 3.8) is 0 Å². The molecule has 0 N–H and O–H groups in total. The van der Waals surface area contributed by atoms with E-state index in [4.69, 9.17) is 18.6 Å². The molecule has 2 rings (SSSR count). The maximum Gasteiger partial charge on any atom is 0.205 e. The maximum absolute atomic E-state index is 8.49. The summed E-state index contributed by atoms with van der Waals surface area (Å²) in [7, 11) is -4.94. The molecule has 0 saturated heterocycles. The number of pyridine rings is 1. The number of aromatic nitrogens is 1. The molecule has 0 aromatic carbocycles. The van der Waals surface area contributed by atoms with Gasteiger partial charge in [-0.15, -0.1) is 10.2 Å². The fourth-order valence-electron chi connectivity index (χ4n) is 1.79. The first-order valence-electron chi connectivity index (χ1n) is 5.13. The molecule has 0 spiro atoms. The van der Waals surface area contributed by atoms with Crippen LogP contribution >= 0.6 is 0 Å². The minimum Gasteiger partial charge on any atom is -0.222 e. The van der Waals surface area contributed by atoms with Gasteiger partial charge >= 0.3 is 0 Å². The van der Waals surface area contributed by atoms with Crippen LogP contribution in [0.5, 0.6) is 0 Å². The SMILES string of the molecule is CCc1cc(C)cc2[n+]1CC=C2.[O-][Cl+3]([O-])([O-])[O-]. The van der Waals surface area contributed by atoms with Crippen molar-refractivity contribution in [3.8, 4) is 0 Å². The molecule has 1 aliphatic heterocycles. The molecular weight excluding hydrogens is 246 g/mol. The highest BCUT2D eigenvalue weighted by Gasteiger charge is 2.17. The van der Waals surface area contributed by atoms with Crippen LogP contribution < -0.4 is 23.2 Å². The van der Waals surface area contributed by atoms with E-state index in [0.717, 1.165) is 13.0 Å². The van der Waals surface area contributed by atoms with Gasteiger partial charge in [0.2, 0.25) is 5.69 Å². The number of hydrogen-bond donors (Lipinski definition) is 0. The van der Waals surface area contributed by atoms with Crippen LogP contribution in [0.1, 0.15) is 23.9 Å². The van der Waals surface area contributed by atoms with Crippen LogP contribution in [0.25, 0.3) is 6.08 Å². The van der Waals surface area contributed by atoms with Crippen LogP contribution in [-0.4, -0.2) is 0 Å². The van der Waals surface area contributed by atoms with Crippen LogP contribution in [0.15, 0.2) is 18.2 Å². The molecule has 0 radical (unpaired) electrons. The van der Waals surface area contributed by atoms with Gasteiger partial charge in [-0.3, -0.25) is 0 Å². The molecule has 1 aromatic rings. The van der Waals surface area contributed by atoms with E-state index in [2.05, 4.69) is 42.7 Å². The van der Waals surface area contributed by atoms with Crippen molar-refractivity contribution in [2.45, 2.75) is 26.8 Å². The molecule has 1 aromatic heterocycles. The van der Waals surface area contributed by atoms with E-state index < -0.39 is 10.2 Å². The van der Waals surface area contributed by atoms with E-state index in [1.165, 1.54) is 17.0 Å². The van der Waals surface area contributed by atoms with Crippen LogP contribution in [0.4, 0.5) is 0 Å². The molecule has 0 fully saturated rings. The third-order valence-electron chi connectivity index (χ3n) is 2.37. The van der Waals surface area contributed by atoms with Gasteiger partial charge in [-0.25, -0.2) is 18.6 Å². The van der Waals surface area contributed by atoms with E-state index in [-0.39, 0.29) is 0 Å². The molecule has 0 bridgehead atoms. The van der Waals surface area contributed by atoms with Crippen molar-refractivity contribution in [3.05, 3.63) is 35.2 Å². The second-order valence-electron chi connectivity index (χ2n) is 3.69. The van der Waals surface area contributed by atoms with Crippen molar-refractivity contribution in [1.29, 1.82) is 0 Å². The fraction of sp³-hybridized carbons (Fsp3) is 0.364. The topological polar surface area (TPSA) is 96.1 Å². The highest BCUT2D eigenvalue weighted by Crippen LogP contribution is 2.09. The average molecular weight is 260 g/mol. The van der Waals surface area contributed by atoms with Crippen molar-refractivity contribution in [1.82, 2.24) is 0 Å². The molecular formula is C11H14ClNO4. The number of hydrogen-bond acceptors (Lipinski definition) is 4. The predicted octanol–water partition coefficient (Wildman–Crippen LogP) is -2.88. The Morgan fingerprint density at radius 3 is 2.35 bits per heavy atom. The van der Waals surface area contributed by atoms with E-state index >= 15 is 0 Å². The third kappa shape index (κ3) is 4.80. The Morgan fingerprint density at radius 1 is 1.24 bits per heavy atom. The second-order valence-corrected chi connectivity index (χ2v) is 4.45. The number of nitrogens with zero attached hydrogens (tertiary/aromatic N) is 1. The number of allylic oxidation sites excluding steroid dienone is 1. The quantitative estimate of drug-likeness (QED) is 0.506. The summed E-state index contributed by atoms with van der Waals surface area (Å²) in [6.45, 7) is 5.42. The summed E-state index contributed by atoms with van der Waals surface area (Å²) in [4.78, 5) is 0. The lowest BCUT2D eigenvalue weighted by atomic mass is 10.2. The number of rotatable bonds is 1. The monoisotopic (exact) mass is 259 g/mol. The molecule has 17 heavy (non-hydrogen) atoms. The number of aryl methyl sites for hydroxylation is 2. The minimum absolute atomic E-state index is 1.05. The van der Waals surface area contributed by atoms with Gasteiger partial charge in [0.15, 0.2) is 12.2 Å². The lowest BCUT2D eigenvalue weighted by Crippen LogP contribution is -2.68. The largest absolute Gasteiger partial charge is 0.222 e. The van der Waals surface area contributed by atoms with Gasteiger partial charge in [0.05, 0.1) is 0 Å². The first-order chi connectivity index (χ1) is 7.81. The lowest BCUT2D eigenvalue weighted by Gasteiger charge is -2.17. The Balaban J connectivity index is 0.000000249. The Hall–Kier alpha value is -0.980. The summed E-state index contributed by atoms with van der Waals surface area (Å²) in [5.41, 5.74) is 4.16. The first kappa shape index (κ1) is 14.1.